The van der Waals surface area contributed by atoms with Gasteiger partial charge in [-0.15, -0.1) is 0 Å². The molecule has 0 amide bonds. The van der Waals surface area contributed by atoms with E-state index >= 15 is 0 Å². The average Bonchev–Trinajstić information content (AvgIpc) is 2.04. The van der Waals surface area contributed by atoms with E-state index < -0.39 is 0 Å². The van der Waals surface area contributed by atoms with E-state index in [0.717, 1.165) is 25.2 Å². The highest BCUT2D eigenvalue weighted by atomic mass is 16.3. The lowest BCUT2D eigenvalue weighted by molar-refractivity contribution is 0.482. The van der Waals surface area contributed by atoms with Gasteiger partial charge in [0.2, 0.25) is 0 Å². The van der Waals surface area contributed by atoms with Crippen LogP contribution >= 0.6 is 0 Å². The molecule has 0 aromatic heterocycles. The molecule has 0 spiro atoms. The van der Waals surface area contributed by atoms with Crippen LogP contribution in [0.3, 0.4) is 0 Å². The van der Waals surface area contributed by atoms with Crippen molar-refractivity contribution in [3.63, 3.8) is 0 Å². The number of nitrogens with zero attached hydrogens (tertiary/aromatic N) is 1. The third-order valence-electron chi connectivity index (χ3n) is 2.16. The summed E-state index contributed by atoms with van der Waals surface area (Å²) in [6, 6.07) is 0. The van der Waals surface area contributed by atoms with Gasteiger partial charge >= 0.3 is 0 Å². The molecule has 2 heteroatoms. The molecular formula is C11H21NO. The summed E-state index contributed by atoms with van der Waals surface area (Å²) < 4.78 is 0. The van der Waals surface area contributed by atoms with Gasteiger partial charge in [0.1, 0.15) is 0 Å². The molecule has 0 rings (SSSR count). The zero-order valence-electron chi connectivity index (χ0n) is 9.05. The van der Waals surface area contributed by atoms with Crippen LogP contribution in [0.15, 0.2) is 16.8 Å². The standard InChI is InChI=1S/C11H21NO/c1-10(2)6-4-7-11(3)8-5-9-12-13/h6,11H,4-5,7-9H2,1-3H3. The third kappa shape index (κ3) is 9.25. The number of hydrogen-bond donors (Lipinski definition) is 0. The van der Waals surface area contributed by atoms with Gasteiger partial charge in [0.25, 0.3) is 0 Å². The Balaban J connectivity index is 3.34. The van der Waals surface area contributed by atoms with Crippen molar-refractivity contribution in [1.29, 1.82) is 0 Å². The molecule has 0 heterocycles. The van der Waals surface area contributed by atoms with Crippen molar-refractivity contribution >= 4 is 0 Å². The second-order valence-corrected chi connectivity index (χ2v) is 3.96. The zero-order chi connectivity index (χ0) is 10.1. The summed E-state index contributed by atoms with van der Waals surface area (Å²) in [7, 11) is 0. The van der Waals surface area contributed by atoms with Crippen LogP contribution in [0.2, 0.25) is 0 Å². The molecule has 0 fully saturated rings. The molecule has 0 saturated carbocycles. The number of hydrogen-bond acceptors (Lipinski definition) is 2. The number of nitroso groups, excluding NO2 is 1. The fourth-order valence-electron chi connectivity index (χ4n) is 1.31. The molecule has 2 nitrogen and oxygen atoms in total. The molecule has 1 atom stereocenters. The van der Waals surface area contributed by atoms with Crippen LogP contribution in [0.4, 0.5) is 0 Å². The Morgan fingerprint density at radius 2 is 2.08 bits per heavy atom. The van der Waals surface area contributed by atoms with E-state index in [-0.39, 0.29) is 0 Å². The molecule has 0 aliphatic rings. The largest absolute Gasteiger partial charge is 0.151 e. The lowest BCUT2D eigenvalue weighted by Gasteiger charge is -2.07. The minimum atomic E-state index is 0.479. The summed E-state index contributed by atoms with van der Waals surface area (Å²) in [6.07, 6.45) is 6.73. The van der Waals surface area contributed by atoms with Gasteiger partial charge in [-0.25, -0.2) is 0 Å². The molecular weight excluding hydrogens is 162 g/mol. The van der Waals surface area contributed by atoms with Crippen molar-refractivity contribution in [2.45, 2.75) is 46.5 Å². The normalized spacial score (nSPS) is 12.2. The van der Waals surface area contributed by atoms with Gasteiger partial charge < -0.3 is 0 Å². The fraction of sp³-hybridized carbons (Fsp3) is 0.818. The van der Waals surface area contributed by atoms with E-state index in [9.17, 15) is 4.91 Å². The Labute approximate surface area is 81.4 Å². The van der Waals surface area contributed by atoms with Gasteiger partial charge in [-0.3, -0.25) is 0 Å². The Hall–Kier alpha value is -0.660. The van der Waals surface area contributed by atoms with Crippen LogP contribution in [0.5, 0.6) is 0 Å². The Morgan fingerprint density at radius 1 is 1.38 bits per heavy atom. The molecule has 0 aromatic rings. The lowest BCUT2D eigenvalue weighted by atomic mass is 9.99. The molecule has 0 aliphatic heterocycles. The molecule has 0 bridgehead atoms. The van der Waals surface area contributed by atoms with Gasteiger partial charge in [0.15, 0.2) is 0 Å². The SMILES string of the molecule is CC(C)=CCCC(C)CCCN=O. The van der Waals surface area contributed by atoms with E-state index in [1.165, 1.54) is 12.0 Å². The highest BCUT2D eigenvalue weighted by Gasteiger charge is 2.00. The summed E-state index contributed by atoms with van der Waals surface area (Å²) in [5, 5.41) is 2.85. The first kappa shape index (κ1) is 12.3. The van der Waals surface area contributed by atoms with Crippen molar-refractivity contribution in [3.8, 4) is 0 Å². The van der Waals surface area contributed by atoms with Crippen LogP contribution in [-0.4, -0.2) is 6.54 Å². The zero-order valence-corrected chi connectivity index (χ0v) is 9.05. The van der Waals surface area contributed by atoms with Gasteiger partial charge in [0.05, 0.1) is 6.54 Å². The number of rotatable bonds is 7. The quantitative estimate of drug-likeness (QED) is 0.334. The predicted octanol–water partition coefficient (Wildman–Crippen LogP) is 3.92. The van der Waals surface area contributed by atoms with Crippen LogP contribution in [0.1, 0.15) is 46.5 Å². The summed E-state index contributed by atoms with van der Waals surface area (Å²) in [5.41, 5.74) is 1.39. The monoisotopic (exact) mass is 183 g/mol. The van der Waals surface area contributed by atoms with E-state index in [1.807, 2.05) is 0 Å². The minimum absolute atomic E-state index is 0.479. The van der Waals surface area contributed by atoms with Crippen molar-refractivity contribution < 1.29 is 0 Å². The molecule has 0 N–H and O–H groups in total. The van der Waals surface area contributed by atoms with Crippen LogP contribution in [0.25, 0.3) is 0 Å². The van der Waals surface area contributed by atoms with Crippen LogP contribution in [-0.2, 0) is 0 Å². The summed E-state index contributed by atoms with van der Waals surface area (Å²) in [5.74, 6) is 0.720. The minimum Gasteiger partial charge on any atom is -0.151 e. The molecule has 0 aliphatic carbocycles. The summed E-state index contributed by atoms with van der Waals surface area (Å²) >= 11 is 0. The summed E-state index contributed by atoms with van der Waals surface area (Å²) in [6.45, 7) is 6.97. The Kier molecular flexibility index (Phi) is 7.56. The van der Waals surface area contributed by atoms with Gasteiger partial charge in [-0.05, 0) is 45.4 Å². The van der Waals surface area contributed by atoms with E-state index in [4.69, 9.17) is 0 Å². The molecule has 1 unspecified atom stereocenters. The van der Waals surface area contributed by atoms with Gasteiger partial charge in [-0.2, -0.15) is 4.91 Å². The maximum Gasteiger partial charge on any atom is 0.0811 e. The Bertz CT molecular complexity index is 159. The number of allylic oxidation sites excluding steroid dienone is 2. The second-order valence-electron chi connectivity index (χ2n) is 3.96. The maximum absolute atomic E-state index is 9.83. The molecule has 0 aromatic carbocycles. The lowest BCUT2D eigenvalue weighted by Crippen LogP contribution is -1.95. The first-order valence-corrected chi connectivity index (χ1v) is 5.09. The highest BCUT2D eigenvalue weighted by Crippen LogP contribution is 2.13. The van der Waals surface area contributed by atoms with E-state index in [2.05, 4.69) is 32.0 Å². The third-order valence-corrected chi connectivity index (χ3v) is 2.16. The molecule has 76 valence electrons. The van der Waals surface area contributed by atoms with Crippen LogP contribution < -0.4 is 0 Å². The Morgan fingerprint density at radius 3 is 2.62 bits per heavy atom. The molecule has 0 radical (unpaired) electrons. The van der Waals surface area contributed by atoms with Gasteiger partial charge in [-0.1, -0.05) is 23.7 Å². The van der Waals surface area contributed by atoms with Crippen molar-refractivity contribution in [1.82, 2.24) is 0 Å². The highest BCUT2D eigenvalue weighted by molar-refractivity contribution is 4.92. The molecule has 0 saturated heterocycles. The first-order valence-electron chi connectivity index (χ1n) is 5.09. The smallest absolute Gasteiger partial charge is 0.0811 e. The van der Waals surface area contributed by atoms with Crippen LogP contribution in [0, 0.1) is 10.8 Å². The predicted molar refractivity (Wildman–Crippen MR) is 57.7 cm³/mol. The van der Waals surface area contributed by atoms with Crippen molar-refractivity contribution in [2.24, 2.45) is 11.1 Å². The average molecular weight is 183 g/mol. The van der Waals surface area contributed by atoms with E-state index in [1.54, 1.807) is 0 Å². The fourth-order valence-corrected chi connectivity index (χ4v) is 1.31. The summed E-state index contributed by atoms with van der Waals surface area (Å²) in [4.78, 5) is 9.83. The topological polar surface area (TPSA) is 29.4 Å². The van der Waals surface area contributed by atoms with Gasteiger partial charge in [0, 0.05) is 0 Å². The molecule has 13 heavy (non-hydrogen) atoms. The second kappa shape index (κ2) is 7.96. The maximum atomic E-state index is 9.83. The van der Waals surface area contributed by atoms with Crippen molar-refractivity contribution in [2.75, 3.05) is 6.54 Å². The first-order chi connectivity index (χ1) is 6.16. The van der Waals surface area contributed by atoms with E-state index in [0.29, 0.717) is 6.54 Å². The van der Waals surface area contributed by atoms with Crippen molar-refractivity contribution in [3.05, 3.63) is 16.6 Å².